The number of thioether (sulfide) groups is 1. The minimum Gasteiger partial charge on any atom is -0.365 e. The summed E-state index contributed by atoms with van der Waals surface area (Å²) in [6.07, 6.45) is 3.07. The first-order valence-corrected chi connectivity index (χ1v) is 12.2. The van der Waals surface area contributed by atoms with E-state index in [4.69, 9.17) is 23.2 Å². The third-order valence-corrected chi connectivity index (χ3v) is 7.14. The largest absolute Gasteiger partial charge is 0.365 e. The lowest BCUT2D eigenvalue weighted by atomic mass is 10.1. The molecule has 0 radical (unpaired) electrons. The van der Waals surface area contributed by atoms with Crippen molar-refractivity contribution >= 4 is 52.3 Å². The van der Waals surface area contributed by atoms with Gasteiger partial charge in [-0.25, -0.2) is 9.97 Å². The molecule has 0 unspecified atom stereocenters. The van der Waals surface area contributed by atoms with E-state index in [1.54, 1.807) is 24.3 Å². The van der Waals surface area contributed by atoms with Gasteiger partial charge >= 0.3 is 0 Å². The molecule has 4 rings (SSSR count). The van der Waals surface area contributed by atoms with Crippen LogP contribution < -0.4 is 4.90 Å². The molecular weight excluding hydrogens is 479 g/mol. The Morgan fingerprint density at radius 1 is 1.06 bits per heavy atom. The van der Waals surface area contributed by atoms with Crippen LogP contribution in [-0.4, -0.2) is 58.0 Å². The summed E-state index contributed by atoms with van der Waals surface area (Å²) in [4.78, 5) is 38.1. The van der Waals surface area contributed by atoms with Crippen molar-refractivity contribution in [3.05, 3.63) is 82.4 Å². The van der Waals surface area contributed by atoms with Crippen LogP contribution in [0.3, 0.4) is 0 Å². The Kier molecular flexibility index (Phi) is 7.53. The third-order valence-electron chi connectivity index (χ3n) is 5.41. The van der Waals surface area contributed by atoms with Crippen molar-refractivity contribution in [1.29, 1.82) is 0 Å². The predicted molar refractivity (Wildman–Crippen MR) is 133 cm³/mol. The highest BCUT2D eigenvalue weighted by Gasteiger charge is 2.28. The lowest BCUT2D eigenvalue weighted by Gasteiger charge is -2.41. The monoisotopic (exact) mass is 500 g/mol. The zero-order valence-electron chi connectivity index (χ0n) is 17.9. The van der Waals surface area contributed by atoms with Gasteiger partial charge in [-0.2, -0.15) is 0 Å². The van der Waals surface area contributed by atoms with Gasteiger partial charge in [-0.3, -0.25) is 9.59 Å². The molecule has 1 aliphatic rings. The number of amides is 1. The molecule has 33 heavy (non-hydrogen) atoms. The van der Waals surface area contributed by atoms with Crippen molar-refractivity contribution in [1.82, 2.24) is 14.9 Å². The van der Waals surface area contributed by atoms with E-state index in [0.717, 1.165) is 17.1 Å². The number of hydrogen-bond donors (Lipinski definition) is 0. The van der Waals surface area contributed by atoms with E-state index in [2.05, 4.69) is 21.8 Å². The summed E-state index contributed by atoms with van der Waals surface area (Å²) in [5, 5.41) is 1.14. The Morgan fingerprint density at radius 2 is 1.85 bits per heavy atom. The Balaban J connectivity index is 1.38. The Bertz CT molecular complexity index is 1160. The molecule has 6 nitrogen and oxygen atoms in total. The van der Waals surface area contributed by atoms with E-state index in [0.29, 0.717) is 28.7 Å². The Hall–Kier alpha value is -2.61. The molecule has 1 saturated heterocycles. The van der Waals surface area contributed by atoms with Gasteiger partial charge in [-0.05, 0) is 49.4 Å². The number of hydrogen-bond acceptors (Lipinski definition) is 6. The predicted octanol–water partition coefficient (Wildman–Crippen LogP) is 5.11. The summed E-state index contributed by atoms with van der Waals surface area (Å²) in [7, 11) is 0. The number of nitrogens with zero attached hydrogens (tertiary/aromatic N) is 4. The van der Waals surface area contributed by atoms with Gasteiger partial charge in [0.25, 0.3) is 5.91 Å². The normalized spacial score (nSPS) is 16.0. The molecule has 3 aromatic rings. The van der Waals surface area contributed by atoms with E-state index in [1.807, 2.05) is 29.2 Å². The quantitative estimate of drug-likeness (QED) is 0.346. The number of ketones is 1. The zero-order valence-corrected chi connectivity index (χ0v) is 20.3. The standard InChI is InChI=1S/C24H22Cl2N4O2S/c1-16-14-29(10-11-30(16)19-5-2-4-18(25)13-19)24(32)17-6-7-22(20(26)12-17)33-15-21(31)23-27-8-3-9-28-23/h2-9,12-13,16H,10-11,14-15H2,1H3/t16-/m0/s1. The van der Waals surface area contributed by atoms with Crippen molar-refractivity contribution in [2.24, 2.45) is 0 Å². The van der Waals surface area contributed by atoms with Crippen LogP contribution in [0, 0.1) is 0 Å². The van der Waals surface area contributed by atoms with Gasteiger partial charge in [0.1, 0.15) is 0 Å². The lowest BCUT2D eigenvalue weighted by molar-refractivity contribution is 0.0726. The Labute approximate surface area is 206 Å². The van der Waals surface area contributed by atoms with Gasteiger partial charge in [0.2, 0.25) is 5.78 Å². The molecule has 2 heterocycles. The maximum atomic E-state index is 13.1. The van der Waals surface area contributed by atoms with Gasteiger partial charge in [-0.1, -0.05) is 29.3 Å². The second-order valence-corrected chi connectivity index (χ2v) is 9.56. The van der Waals surface area contributed by atoms with Crippen LogP contribution in [0.25, 0.3) is 0 Å². The number of anilines is 1. The summed E-state index contributed by atoms with van der Waals surface area (Å²) in [6, 6.07) is 14.8. The fourth-order valence-electron chi connectivity index (χ4n) is 3.76. The van der Waals surface area contributed by atoms with Crippen LogP contribution >= 0.6 is 35.0 Å². The van der Waals surface area contributed by atoms with Crippen molar-refractivity contribution in [3.8, 4) is 0 Å². The fourth-order valence-corrected chi connectivity index (χ4v) is 5.07. The second kappa shape index (κ2) is 10.5. The van der Waals surface area contributed by atoms with E-state index in [9.17, 15) is 9.59 Å². The first-order valence-electron chi connectivity index (χ1n) is 10.5. The molecule has 1 amide bonds. The molecule has 170 valence electrons. The average Bonchev–Trinajstić information content (AvgIpc) is 2.83. The highest BCUT2D eigenvalue weighted by atomic mass is 35.5. The molecule has 1 aromatic heterocycles. The van der Waals surface area contributed by atoms with Crippen molar-refractivity contribution in [2.75, 3.05) is 30.3 Å². The first kappa shape index (κ1) is 23.5. The van der Waals surface area contributed by atoms with Gasteiger partial charge in [0, 0.05) is 59.2 Å². The molecule has 0 bridgehead atoms. The van der Waals surface area contributed by atoms with E-state index in [-0.39, 0.29) is 29.3 Å². The number of Topliss-reactive ketones (excluding diaryl/α,β-unsaturated/α-hetero) is 1. The molecule has 2 aromatic carbocycles. The van der Waals surface area contributed by atoms with Crippen LogP contribution in [0.4, 0.5) is 5.69 Å². The van der Waals surface area contributed by atoms with Gasteiger partial charge in [-0.15, -0.1) is 11.8 Å². The van der Waals surface area contributed by atoms with Gasteiger partial charge in [0.05, 0.1) is 10.8 Å². The maximum absolute atomic E-state index is 13.1. The summed E-state index contributed by atoms with van der Waals surface area (Å²) in [5.41, 5.74) is 1.59. The van der Waals surface area contributed by atoms with Crippen LogP contribution in [0.2, 0.25) is 10.0 Å². The topological polar surface area (TPSA) is 66.4 Å². The molecule has 0 N–H and O–H groups in total. The maximum Gasteiger partial charge on any atom is 0.254 e. The van der Waals surface area contributed by atoms with Crippen molar-refractivity contribution < 1.29 is 9.59 Å². The molecule has 0 saturated carbocycles. The smallest absolute Gasteiger partial charge is 0.254 e. The first-order chi connectivity index (χ1) is 15.9. The highest BCUT2D eigenvalue weighted by molar-refractivity contribution is 8.00. The Morgan fingerprint density at radius 3 is 2.55 bits per heavy atom. The fraction of sp³-hybridized carbons (Fsp3) is 0.250. The zero-order chi connectivity index (χ0) is 23.4. The van der Waals surface area contributed by atoms with Gasteiger partial charge in [0.15, 0.2) is 5.82 Å². The van der Waals surface area contributed by atoms with Crippen molar-refractivity contribution in [3.63, 3.8) is 0 Å². The lowest BCUT2D eigenvalue weighted by Crippen LogP contribution is -2.53. The number of carbonyl (C=O) groups excluding carboxylic acids is 2. The molecule has 1 aliphatic heterocycles. The number of halogens is 2. The molecule has 1 fully saturated rings. The van der Waals surface area contributed by atoms with Crippen LogP contribution in [-0.2, 0) is 0 Å². The molecular formula is C24H22Cl2N4O2S. The second-order valence-electron chi connectivity index (χ2n) is 7.70. The van der Waals surface area contributed by atoms with Crippen LogP contribution in [0.15, 0.2) is 65.8 Å². The molecule has 9 heteroatoms. The minimum absolute atomic E-state index is 0.0557. The highest BCUT2D eigenvalue weighted by Crippen LogP contribution is 2.30. The number of carbonyl (C=O) groups is 2. The summed E-state index contributed by atoms with van der Waals surface area (Å²) in [6.45, 7) is 4.03. The molecule has 0 spiro atoms. The van der Waals surface area contributed by atoms with Gasteiger partial charge < -0.3 is 9.80 Å². The summed E-state index contributed by atoms with van der Waals surface area (Å²) in [5.74, 6) is 0.113. The number of piperazine rings is 1. The summed E-state index contributed by atoms with van der Waals surface area (Å²) < 4.78 is 0. The summed E-state index contributed by atoms with van der Waals surface area (Å²) >= 11 is 13.9. The van der Waals surface area contributed by atoms with Crippen molar-refractivity contribution in [2.45, 2.75) is 17.9 Å². The molecule has 0 aliphatic carbocycles. The van der Waals surface area contributed by atoms with Crippen LogP contribution in [0.1, 0.15) is 27.9 Å². The van der Waals surface area contributed by atoms with E-state index >= 15 is 0 Å². The number of rotatable bonds is 6. The van der Waals surface area contributed by atoms with Crippen LogP contribution in [0.5, 0.6) is 0 Å². The third kappa shape index (κ3) is 5.66. The average molecular weight is 501 g/mol. The SMILES string of the molecule is C[C@H]1CN(C(=O)c2ccc(SCC(=O)c3ncccn3)c(Cl)c2)CCN1c1cccc(Cl)c1. The minimum atomic E-state index is -0.177. The molecule has 1 atom stereocenters. The number of benzene rings is 2. The number of aromatic nitrogens is 2. The van der Waals surface area contributed by atoms with E-state index in [1.165, 1.54) is 24.2 Å². The van der Waals surface area contributed by atoms with E-state index < -0.39 is 0 Å².